The highest BCUT2D eigenvalue weighted by molar-refractivity contribution is 8.00. The normalized spacial score (nSPS) is 12.9. The summed E-state index contributed by atoms with van der Waals surface area (Å²) in [5.74, 6) is 0.0780. The highest BCUT2D eigenvalue weighted by atomic mass is 35.5. The van der Waals surface area contributed by atoms with Crippen molar-refractivity contribution >= 4 is 29.2 Å². The molecule has 5 heteroatoms. The van der Waals surface area contributed by atoms with E-state index in [2.05, 4.69) is 25.9 Å². The molecule has 0 aromatic heterocycles. The van der Waals surface area contributed by atoms with Crippen molar-refractivity contribution in [2.45, 2.75) is 30.4 Å². The fraction of sp³-hybridized carbons (Fsp3) is 0.364. The summed E-state index contributed by atoms with van der Waals surface area (Å²) in [6.07, 6.45) is 0. The Balaban J connectivity index is 3.18. The van der Waals surface area contributed by atoms with Crippen molar-refractivity contribution < 1.29 is 5.21 Å². The average molecular weight is 259 g/mol. The van der Waals surface area contributed by atoms with Gasteiger partial charge in [-0.1, -0.05) is 37.5 Å². The average Bonchev–Trinajstić information content (AvgIpc) is 2.17. The van der Waals surface area contributed by atoms with E-state index < -0.39 is 0 Å². The molecule has 0 unspecified atom stereocenters. The molecule has 0 saturated heterocycles. The van der Waals surface area contributed by atoms with Gasteiger partial charge in [-0.2, -0.15) is 0 Å². The Kier molecular flexibility index (Phi) is 4.10. The first kappa shape index (κ1) is 13.2. The zero-order valence-electron chi connectivity index (χ0n) is 9.49. The molecule has 0 aliphatic heterocycles. The first-order valence-electron chi connectivity index (χ1n) is 4.80. The van der Waals surface area contributed by atoms with Crippen LogP contribution in [0.3, 0.4) is 0 Å². The van der Waals surface area contributed by atoms with Crippen molar-refractivity contribution in [3.63, 3.8) is 0 Å². The minimum absolute atomic E-state index is 0.0539. The minimum Gasteiger partial charge on any atom is -0.409 e. The Morgan fingerprint density at radius 1 is 1.44 bits per heavy atom. The molecule has 0 saturated carbocycles. The lowest BCUT2D eigenvalue weighted by Gasteiger charge is -2.19. The second-order valence-electron chi connectivity index (χ2n) is 4.34. The van der Waals surface area contributed by atoms with Crippen LogP contribution in [0.4, 0.5) is 0 Å². The molecule has 16 heavy (non-hydrogen) atoms. The SMILES string of the molecule is CC(C)(C)Sc1ccc(Cl)cc1C(N)=NO. The first-order chi connectivity index (χ1) is 7.33. The zero-order valence-corrected chi connectivity index (χ0v) is 11.1. The van der Waals surface area contributed by atoms with E-state index in [-0.39, 0.29) is 10.6 Å². The summed E-state index contributed by atoms with van der Waals surface area (Å²) >= 11 is 7.54. The van der Waals surface area contributed by atoms with Gasteiger partial charge in [0.25, 0.3) is 0 Å². The second-order valence-corrected chi connectivity index (χ2v) is 6.65. The summed E-state index contributed by atoms with van der Waals surface area (Å²) in [6.45, 7) is 6.30. The van der Waals surface area contributed by atoms with E-state index in [1.54, 1.807) is 23.9 Å². The second kappa shape index (κ2) is 4.97. The van der Waals surface area contributed by atoms with Crippen molar-refractivity contribution in [1.82, 2.24) is 0 Å². The van der Waals surface area contributed by atoms with Gasteiger partial charge in [-0.3, -0.25) is 0 Å². The van der Waals surface area contributed by atoms with Gasteiger partial charge in [-0.05, 0) is 18.2 Å². The molecular formula is C11H15ClN2OS. The number of hydrogen-bond donors (Lipinski definition) is 2. The van der Waals surface area contributed by atoms with Crippen LogP contribution in [-0.4, -0.2) is 15.8 Å². The van der Waals surface area contributed by atoms with E-state index in [9.17, 15) is 0 Å². The van der Waals surface area contributed by atoms with E-state index >= 15 is 0 Å². The van der Waals surface area contributed by atoms with Gasteiger partial charge in [-0.15, -0.1) is 11.8 Å². The maximum atomic E-state index is 8.71. The number of amidine groups is 1. The van der Waals surface area contributed by atoms with Crippen molar-refractivity contribution in [1.29, 1.82) is 0 Å². The Hall–Kier alpha value is -0.870. The fourth-order valence-corrected chi connectivity index (χ4v) is 2.42. The summed E-state index contributed by atoms with van der Waals surface area (Å²) in [5.41, 5.74) is 6.27. The van der Waals surface area contributed by atoms with Crippen LogP contribution in [0.15, 0.2) is 28.3 Å². The molecule has 3 nitrogen and oxygen atoms in total. The topological polar surface area (TPSA) is 58.6 Å². The van der Waals surface area contributed by atoms with Crippen LogP contribution in [0.5, 0.6) is 0 Å². The molecule has 3 N–H and O–H groups in total. The van der Waals surface area contributed by atoms with Gasteiger partial charge in [0.05, 0.1) is 0 Å². The Morgan fingerprint density at radius 3 is 2.56 bits per heavy atom. The number of oxime groups is 1. The molecule has 88 valence electrons. The van der Waals surface area contributed by atoms with Crippen molar-refractivity contribution in [2.75, 3.05) is 0 Å². The first-order valence-corrected chi connectivity index (χ1v) is 5.99. The van der Waals surface area contributed by atoms with E-state index in [4.69, 9.17) is 22.5 Å². The summed E-state index contributed by atoms with van der Waals surface area (Å²) < 4.78 is 0.0539. The fourth-order valence-electron chi connectivity index (χ4n) is 1.18. The van der Waals surface area contributed by atoms with Gasteiger partial charge in [0.2, 0.25) is 0 Å². The number of halogens is 1. The van der Waals surface area contributed by atoms with Crippen LogP contribution in [-0.2, 0) is 0 Å². The monoisotopic (exact) mass is 258 g/mol. The molecule has 0 fully saturated rings. The maximum absolute atomic E-state index is 8.71. The Morgan fingerprint density at radius 2 is 2.06 bits per heavy atom. The molecule has 0 aliphatic rings. The zero-order chi connectivity index (χ0) is 12.3. The van der Waals surface area contributed by atoms with Crippen molar-refractivity contribution in [2.24, 2.45) is 10.9 Å². The minimum atomic E-state index is 0.0539. The molecule has 0 aliphatic carbocycles. The molecule has 0 radical (unpaired) electrons. The quantitative estimate of drug-likeness (QED) is 0.281. The number of thioether (sulfide) groups is 1. The van der Waals surface area contributed by atoms with Crippen LogP contribution in [0.1, 0.15) is 26.3 Å². The maximum Gasteiger partial charge on any atom is 0.171 e. The van der Waals surface area contributed by atoms with Gasteiger partial charge < -0.3 is 10.9 Å². The largest absolute Gasteiger partial charge is 0.409 e. The summed E-state index contributed by atoms with van der Waals surface area (Å²) in [5, 5.41) is 12.3. The summed E-state index contributed by atoms with van der Waals surface area (Å²) in [7, 11) is 0. The predicted octanol–water partition coefficient (Wildman–Crippen LogP) is 3.33. The lowest BCUT2D eigenvalue weighted by atomic mass is 10.2. The van der Waals surface area contributed by atoms with Crippen LogP contribution in [0.2, 0.25) is 5.02 Å². The molecule has 0 atom stereocenters. The number of nitrogens with two attached hydrogens (primary N) is 1. The molecule has 0 spiro atoms. The van der Waals surface area contributed by atoms with Gasteiger partial charge in [-0.25, -0.2) is 0 Å². The molecule has 1 rings (SSSR count). The van der Waals surface area contributed by atoms with Crippen LogP contribution >= 0.6 is 23.4 Å². The summed E-state index contributed by atoms with van der Waals surface area (Å²) in [4.78, 5) is 0.951. The van der Waals surface area contributed by atoms with Crippen LogP contribution < -0.4 is 5.73 Å². The number of benzene rings is 1. The van der Waals surface area contributed by atoms with E-state index in [1.165, 1.54) is 0 Å². The van der Waals surface area contributed by atoms with Crippen molar-refractivity contribution in [3.8, 4) is 0 Å². The molecule has 0 bridgehead atoms. The standard InChI is InChI=1S/C11H15ClN2OS/c1-11(2,3)16-9-5-4-7(12)6-8(9)10(13)14-15/h4-6,15H,1-3H3,(H2,13,14). The van der Waals surface area contributed by atoms with Crippen LogP contribution in [0, 0.1) is 0 Å². The molecule has 0 amide bonds. The number of nitrogens with zero attached hydrogens (tertiary/aromatic N) is 1. The molecule has 0 heterocycles. The lowest BCUT2D eigenvalue weighted by molar-refractivity contribution is 0.318. The highest BCUT2D eigenvalue weighted by Crippen LogP contribution is 2.35. The van der Waals surface area contributed by atoms with Gasteiger partial charge >= 0.3 is 0 Å². The third-order valence-electron chi connectivity index (χ3n) is 1.74. The smallest absolute Gasteiger partial charge is 0.171 e. The Labute approximate surface area is 105 Å². The summed E-state index contributed by atoms with van der Waals surface area (Å²) in [6, 6.07) is 5.38. The van der Waals surface area contributed by atoms with Gasteiger partial charge in [0.1, 0.15) is 0 Å². The van der Waals surface area contributed by atoms with Crippen molar-refractivity contribution in [3.05, 3.63) is 28.8 Å². The van der Waals surface area contributed by atoms with E-state index in [0.717, 1.165) is 4.90 Å². The van der Waals surface area contributed by atoms with Gasteiger partial charge in [0, 0.05) is 20.2 Å². The third kappa shape index (κ3) is 3.61. The highest BCUT2D eigenvalue weighted by Gasteiger charge is 2.16. The van der Waals surface area contributed by atoms with E-state index in [1.807, 2.05) is 6.07 Å². The molecule has 1 aromatic carbocycles. The molecule has 1 aromatic rings. The Bertz CT molecular complexity index is 413. The third-order valence-corrected chi connectivity index (χ3v) is 3.16. The van der Waals surface area contributed by atoms with E-state index in [0.29, 0.717) is 10.6 Å². The molecular weight excluding hydrogens is 244 g/mol. The number of hydrogen-bond acceptors (Lipinski definition) is 3. The predicted molar refractivity (Wildman–Crippen MR) is 69.6 cm³/mol. The van der Waals surface area contributed by atoms with Crippen LogP contribution in [0.25, 0.3) is 0 Å². The lowest BCUT2D eigenvalue weighted by Crippen LogP contribution is -2.16. The van der Waals surface area contributed by atoms with Gasteiger partial charge in [0.15, 0.2) is 5.84 Å². The number of rotatable bonds is 2.